The Hall–Kier alpha value is -3.39. The van der Waals surface area contributed by atoms with Gasteiger partial charge in [-0.25, -0.2) is 12.8 Å². The molecule has 6 nitrogen and oxygen atoms in total. The summed E-state index contributed by atoms with van der Waals surface area (Å²) in [5.41, 5.74) is 2.50. The van der Waals surface area contributed by atoms with Gasteiger partial charge in [-0.05, 0) is 60.5 Å². The molecule has 0 fully saturated rings. The fourth-order valence-corrected chi connectivity index (χ4v) is 3.56. The van der Waals surface area contributed by atoms with Crippen LogP contribution in [0.15, 0.2) is 60.7 Å². The molecule has 0 spiro atoms. The summed E-state index contributed by atoms with van der Waals surface area (Å²) in [4.78, 5) is 12.8. The van der Waals surface area contributed by atoms with Crippen molar-refractivity contribution >= 4 is 27.3 Å². The van der Waals surface area contributed by atoms with Crippen LogP contribution in [0.3, 0.4) is 0 Å². The minimum Gasteiger partial charge on any atom is -0.497 e. The van der Waals surface area contributed by atoms with Gasteiger partial charge in [0.15, 0.2) is 0 Å². The molecule has 0 saturated carbocycles. The minimum atomic E-state index is -3.59. The normalized spacial score (nSPS) is 11.1. The van der Waals surface area contributed by atoms with E-state index in [1.54, 1.807) is 61.5 Å². The van der Waals surface area contributed by atoms with Gasteiger partial charge in [-0.2, -0.15) is 0 Å². The molecule has 3 aromatic rings. The number of hydrogen-bond donors (Lipinski definition) is 1. The Morgan fingerprint density at radius 1 is 1.03 bits per heavy atom. The molecule has 0 radical (unpaired) electrons. The van der Waals surface area contributed by atoms with Gasteiger partial charge < -0.3 is 10.1 Å². The van der Waals surface area contributed by atoms with Crippen molar-refractivity contribution in [2.24, 2.45) is 0 Å². The second-order valence-corrected chi connectivity index (χ2v) is 9.14. The highest BCUT2D eigenvalue weighted by Gasteiger charge is 2.19. The van der Waals surface area contributed by atoms with Crippen molar-refractivity contribution in [2.75, 3.05) is 30.0 Å². The number of halogens is 1. The van der Waals surface area contributed by atoms with E-state index in [-0.39, 0.29) is 11.4 Å². The number of amides is 1. The van der Waals surface area contributed by atoms with Crippen LogP contribution in [0.2, 0.25) is 0 Å². The molecule has 0 saturated heterocycles. The molecule has 0 heterocycles. The lowest BCUT2D eigenvalue weighted by Gasteiger charge is -2.21. The fraction of sp³-hybridized carbons (Fsp3) is 0.174. The van der Waals surface area contributed by atoms with Gasteiger partial charge in [-0.15, -0.1) is 0 Å². The van der Waals surface area contributed by atoms with Crippen LogP contribution in [0.1, 0.15) is 15.9 Å². The number of nitrogens with one attached hydrogen (secondary N) is 1. The molecule has 162 valence electrons. The summed E-state index contributed by atoms with van der Waals surface area (Å²) in [6, 6.07) is 16.1. The van der Waals surface area contributed by atoms with Crippen LogP contribution in [-0.2, 0) is 10.0 Å². The van der Waals surface area contributed by atoms with Gasteiger partial charge >= 0.3 is 0 Å². The van der Waals surface area contributed by atoms with E-state index in [1.807, 2.05) is 0 Å². The number of ether oxygens (including phenoxy) is 1. The van der Waals surface area contributed by atoms with Gasteiger partial charge in [0.1, 0.15) is 11.6 Å². The molecule has 0 atom stereocenters. The first-order valence-electron chi connectivity index (χ1n) is 9.40. The average Bonchev–Trinajstić information content (AvgIpc) is 2.72. The number of carbonyl (C=O) groups excluding carboxylic acids is 1. The molecule has 31 heavy (non-hydrogen) atoms. The zero-order valence-electron chi connectivity index (χ0n) is 17.6. The molecule has 3 aromatic carbocycles. The van der Waals surface area contributed by atoms with Crippen molar-refractivity contribution in [3.05, 3.63) is 77.6 Å². The predicted molar refractivity (Wildman–Crippen MR) is 121 cm³/mol. The van der Waals surface area contributed by atoms with Crippen LogP contribution in [0.5, 0.6) is 5.75 Å². The zero-order chi connectivity index (χ0) is 22.8. The molecule has 3 rings (SSSR count). The number of benzene rings is 3. The smallest absolute Gasteiger partial charge is 0.255 e. The first-order chi connectivity index (χ1) is 14.6. The molecule has 0 aliphatic carbocycles. The van der Waals surface area contributed by atoms with E-state index in [2.05, 4.69) is 5.32 Å². The van der Waals surface area contributed by atoms with Crippen molar-refractivity contribution in [2.45, 2.75) is 6.92 Å². The van der Waals surface area contributed by atoms with E-state index in [1.165, 1.54) is 20.2 Å². The predicted octanol–water partition coefficient (Wildman–Crippen LogP) is 4.46. The van der Waals surface area contributed by atoms with Crippen LogP contribution in [0, 0.1) is 12.7 Å². The van der Waals surface area contributed by atoms with E-state index in [0.29, 0.717) is 22.4 Å². The Bertz CT molecular complexity index is 1220. The van der Waals surface area contributed by atoms with E-state index in [4.69, 9.17) is 4.74 Å². The molecule has 1 amide bonds. The summed E-state index contributed by atoms with van der Waals surface area (Å²) in [7, 11) is -0.673. The van der Waals surface area contributed by atoms with Crippen LogP contribution in [-0.4, -0.2) is 34.7 Å². The van der Waals surface area contributed by atoms with Gasteiger partial charge in [-0.3, -0.25) is 9.10 Å². The Kier molecular flexibility index (Phi) is 6.31. The van der Waals surface area contributed by atoms with E-state index in [0.717, 1.165) is 16.1 Å². The molecule has 8 heteroatoms. The third kappa shape index (κ3) is 5.03. The number of anilines is 2. The monoisotopic (exact) mass is 442 g/mol. The topological polar surface area (TPSA) is 75.7 Å². The highest BCUT2D eigenvalue weighted by Crippen LogP contribution is 2.34. The Morgan fingerprint density at radius 3 is 2.29 bits per heavy atom. The lowest BCUT2D eigenvalue weighted by atomic mass is 10.0. The molecule has 0 unspecified atom stereocenters. The maximum absolute atomic E-state index is 14.5. The number of nitrogens with zero attached hydrogens (tertiary/aromatic N) is 1. The molecular weight excluding hydrogens is 419 g/mol. The summed E-state index contributed by atoms with van der Waals surface area (Å²) >= 11 is 0. The van der Waals surface area contributed by atoms with Crippen molar-refractivity contribution in [1.29, 1.82) is 0 Å². The number of sulfonamides is 1. The van der Waals surface area contributed by atoms with Crippen LogP contribution in [0.4, 0.5) is 15.8 Å². The number of rotatable bonds is 6. The average molecular weight is 443 g/mol. The standard InChI is InChI=1S/C23H23FN2O4S/c1-15-5-11-19(20(24)13-15)17-8-12-22(26(2)31(4,28)29)21(14-17)25-23(27)16-6-9-18(30-3)10-7-16/h5-14H,1-4H3,(H,25,27). The fourth-order valence-electron chi connectivity index (χ4n) is 3.05. The van der Waals surface area contributed by atoms with Crippen molar-refractivity contribution in [3.8, 4) is 16.9 Å². The van der Waals surface area contributed by atoms with Gasteiger partial charge in [0.2, 0.25) is 10.0 Å². The zero-order valence-corrected chi connectivity index (χ0v) is 18.5. The van der Waals surface area contributed by atoms with Crippen LogP contribution >= 0.6 is 0 Å². The lowest BCUT2D eigenvalue weighted by molar-refractivity contribution is 0.102. The summed E-state index contributed by atoms with van der Waals surface area (Å²) in [6.07, 6.45) is 1.07. The first-order valence-corrected chi connectivity index (χ1v) is 11.2. The van der Waals surface area contributed by atoms with Gasteiger partial charge in [0.05, 0.1) is 24.7 Å². The maximum Gasteiger partial charge on any atom is 0.255 e. The lowest BCUT2D eigenvalue weighted by Crippen LogP contribution is -2.26. The van der Waals surface area contributed by atoms with E-state index < -0.39 is 21.7 Å². The largest absolute Gasteiger partial charge is 0.497 e. The molecule has 0 aromatic heterocycles. The summed E-state index contributed by atoms with van der Waals surface area (Å²) < 4.78 is 44.9. The van der Waals surface area contributed by atoms with Crippen molar-refractivity contribution in [1.82, 2.24) is 0 Å². The summed E-state index contributed by atoms with van der Waals surface area (Å²) in [5.74, 6) is -0.241. The van der Waals surface area contributed by atoms with Gasteiger partial charge in [0.25, 0.3) is 5.91 Å². The Labute approximate surface area is 181 Å². The summed E-state index contributed by atoms with van der Waals surface area (Å²) in [6.45, 7) is 1.79. The molecule has 1 N–H and O–H groups in total. The number of hydrogen-bond acceptors (Lipinski definition) is 4. The number of carbonyl (C=O) groups is 1. The Morgan fingerprint density at radius 2 is 1.71 bits per heavy atom. The molecule has 0 bridgehead atoms. The van der Waals surface area contributed by atoms with Crippen LogP contribution < -0.4 is 14.4 Å². The third-order valence-electron chi connectivity index (χ3n) is 4.87. The quantitative estimate of drug-likeness (QED) is 0.612. The summed E-state index contributed by atoms with van der Waals surface area (Å²) in [5, 5.41) is 2.75. The highest BCUT2D eigenvalue weighted by molar-refractivity contribution is 7.92. The van der Waals surface area contributed by atoms with Crippen LogP contribution in [0.25, 0.3) is 11.1 Å². The minimum absolute atomic E-state index is 0.242. The second kappa shape index (κ2) is 8.77. The number of methoxy groups -OCH3 is 1. The molecule has 0 aliphatic rings. The van der Waals surface area contributed by atoms with Gasteiger partial charge in [-0.1, -0.05) is 18.2 Å². The van der Waals surface area contributed by atoms with Crippen molar-refractivity contribution in [3.63, 3.8) is 0 Å². The maximum atomic E-state index is 14.5. The SMILES string of the molecule is COc1ccc(C(=O)Nc2cc(-c3ccc(C)cc3F)ccc2N(C)S(C)(=O)=O)cc1. The number of aryl methyl sites for hydroxylation is 1. The molecular formula is C23H23FN2O4S. The first kappa shape index (κ1) is 22.3. The van der Waals surface area contributed by atoms with Gasteiger partial charge in [0, 0.05) is 18.2 Å². The molecule has 0 aliphatic heterocycles. The van der Waals surface area contributed by atoms with E-state index in [9.17, 15) is 17.6 Å². The second-order valence-electron chi connectivity index (χ2n) is 7.13. The Balaban J connectivity index is 2.06. The van der Waals surface area contributed by atoms with Crippen molar-refractivity contribution < 1.29 is 22.3 Å². The van der Waals surface area contributed by atoms with E-state index >= 15 is 0 Å². The highest BCUT2D eigenvalue weighted by atomic mass is 32.2. The third-order valence-corrected chi connectivity index (χ3v) is 6.06.